The fraction of sp³-hybridized carbons (Fsp3) is 0.467. The van der Waals surface area contributed by atoms with Crippen molar-refractivity contribution in [3.63, 3.8) is 0 Å². The van der Waals surface area contributed by atoms with E-state index in [1.165, 1.54) is 31.4 Å². The molecule has 2 rings (SSSR count). The molecule has 1 aromatic rings. The van der Waals surface area contributed by atoms with Crippen LogP contribution in [0.25, 0.3) is 0 Å². The van der Waals surface area contributed by atoms with Crippen molar-refractivity contribution in [2.45, 2.75) is 30.7 Å². The Labute approximate surface area is 141 Å². The molecule has 2 amide bonds. The average molecular weight is 355 g/mol. The molecule has 132 valence electrons. The van der Waals surface area contributed by atoms with E-state index in [1.54, 1.807) is 4.90 Å². The Hall–Kier alpha value is -1.97. The average Bonchev–Trinajstić information content (AvgIpc) is 2.91. The summed E-state index contributed by atoms with van der Waals surface area (Å²) in [6.07, 6.45) is 0.938. The first-order valence-corrected chi connectivity index (χ1v) is 9.02. The number of amides is 2. The lowest BCUT2D eigenvalue weighted by atomic mass is 10.2. The first-order chi connectivity index (χ1) is 11.3. The minimum absolute atomic E-state index is 0.00603. The summed E-state index contributed by atoms with van der Waals surface area (Å²) in [5, 5.41) is 0. The van der Waals surface area contributed by atoms with E-state index in [0.717, 1.165) is 4.47 Å². The van der Waals surface area contributed by atoms with Crippen molar-refractivity contribution in [1.29, 1.82) is 0 Å². The van der Waals surface area contributed by atoms with Gasteiger partial charge in [-0.05, 0) is 25.5 Å². The first-order valence-electron chi connectivity index (χ1n) is 7.58. The molecular formula is C15H21N3O5S. The summed E-state index contributed by atoms with van der Waals surface area (Å²) in [7, 11) is -2.86. The van der Waals surface area contributed by atoms with E-state index in [0.29, 0.717) is 19.4 Å². The molecule has 0 saturated carbocycles. The molecule has 0 aromatic heterocycles. The van der Waals surface area contributed by atoms with Gasteiger partial charge in [0.25, 0.3) is 10.0 Å². The zero-order valence-corrected chi connectivity index (χ0v) is 14.5. The third kappa shape index (κ3) is 3.42. The Morgan fingerprint density at radius 1 is 1.42 bits per heavy atom. The second kappa shape index (κ2) is 7.29. The Morgan fingerprint density at radius 2 is 2.08 bits per heavy atom. The van der Waals surface area contributed by atoms with Gasteiger partial charge in [-0.25, -0.2) is 8.42 Å². The second-order valence-electron chi connectivity index (χ2n) is 5.41. The number of hydroxylamine groups is 1. The number of likely N-dealkylation sites (tertiary alicyclic amines) is 1. The Bertz CT molecular complexity index is 734. The molecule has 0 radical (unpaired) electrons. The lowest BCUT2D eigenvalue weighted by Gasteiger charge is -2.28. The van der Waals surface area contributed by atoms with E-state index in [9.17, 15) is 18.0 Å². The van der Waals surface area contributed by atoms with Gasteiger partial charge in [-0.15, -0.1) is 0 Å². The number of likely N-dealkylation sites (N-methyl/N-ethyl adjacent to an activating group) is 1. The van der Waals surface area contributed by atoms with Gasteiger partial charge in [0.2, 0.25) is 11.8 Å². The van der Waals surface area contributed by atoms with E-state index in [2.05, 4.69) is 0 Å². The van der Waals surface area contributed by atoms with Crippen molar-refractivity contribution < 1.29 is 22.8 Å². The summed E-state index contributed by atoms with van der Waals surface area (Å²) in [5.74, 6) is -0.843. The van der Waals surface area contributed by atoms with Crippen LogP contribution in [0.3, 0.4) is 0 Å². The number of sulfonamides is 1. The van der Waals surface area contributed by atoms with Crippen LogP contribution in [0, 0.1) is 0 Å². The number of rotatable bonds is 7. The van der Waals surface area contributed by atoms with Crippen LogP contribution < -0.4 is 5.73 Å². The zero-order chi connectivity index (χ0) is 17.9. The third-order valence-corrected chi connectivity index (χ3v) is 5.80. The molecule has 1 saturated heterocycles. The molecular weight excluding hydrogens is 334 g/mol. The van der Waals surface area contributed by atoms with Crippen molar-refractivity contribution in [2.75, 3.05) is 20.2 Å². The van der Waals surface area contributed by atoms with Crippen LogP contribution in [0.2, 0.25) is 0 Å². The van der Waals surface area contributed by atoms with E-state index in [4.69, 9.17) is 10.6 Å². The summed E-state index contributed by atoms with van der Waals surface area (Å²) in [5.41, 5.74) is 5.16. The van der Waals surface area contributed by atoms with E-state index < -0.39 is 15.9 Å². The van der Waals surface area contributed by atoms with Crippen LogP contribution in [-0.4, -0.2) is 55.8 Å². The van der Waals surface area contributed by atoms with Gasteiger partial charge < -0.3 is 10.6 Å². The van der Waals surface area contributed by atoms with E-state index >= 15 is 0 Å². The summed E-state index contributed by atoms with van der Waals surface area (Å²) in [4.78, 5) is 29.8. The van der Waals surface area contributed by atoms with Gasteiger partial charge in [-0.2, -0.15) is 0 Å². The standard InChI is InChI=1S/C15H21N3O5S/c1-3-17-11(8-9-14(17)19)10-18(23-2)24(21,22)13-7-5-4-6-12(13)15(16)20/h4-7,11H,3,8-10H2,1-2H3,(H2,16,20). The molecule has 1 unspecified atom stereocenters. The zero-order valence-electron chi connectivity index (χ0n) is 13.6. The van der Waals surface area contributed by atoms with Gasteiger partial charge in [0.05, 0.1) is 24.1 Å². The van der Waals surface area contributed by atoms with Gasteiger partial charge >= 0.3 is 0 Å². The summed E-state index contributed by atoms with van der Waals surface area (Å²) < 4.78 is 26.5. The SMILES string of the molecule is CCN1C(=O)CCC1CN(OC)S(=O)(=O)c1ccccc1C(N)=O. The smallest absolute Gasteiger partial charge is 0.265 e. The minimum atomic E-state index is -4.09. The predicted octanol–water partition coefficient (Wildman–Crippen LogP) is 0.349. The maximum atomic E-state index is 12.8. The number of hydrogen-bond acceptors (Lipinski definition) is 5. The van der Waals surface area contributed by atoms with E-state index in [-0.39, 0.29) is 29.0 Å². The number of nitrogens with two attached hydrogens (primary N) is 1. The number of nitrogens with zero attached hydrogens (tertiary/aromatic N) is 2. The highest BCUT2D eigenvalue weighted by atomic mass is 32.2. The Morgan fingerprint density at radius 3 is 2.67 bits per heavy atom. The monoisotopic (exact) mass is 355 g/mol. The van der Waals surface area contributed by atoms with Crippen molar-refractivity contribution in [3.8, 4) is 0 Å². The highest BCUT2D eigenvalue weighted by Crippen LogP contribution is 2.24. The molecule has 8 nitrogen and oxygen atoms in total. The van der Waals surface area contributed by atoms with Crippen molar-refractivity contribution >= 4 is 21.8 Å². The summed E-state index contributed by atoms with van der Waals surface area (Å²) in [6, 6.07) is 5.42. The predicted molar refractivity (Wildman–Crippen MR) is 86.3 cm³/mol. The van der Waals surface area contributed by atoms with Crippen LogP contribution in [0.1, 0.15) is 30.1 Å². The molecule has 24 heavy (non-hydrogen) atoms. The number of carbonyl (C=O) groups is 2. The largest absolute Gasteiger partial charge is 0.366 e. The van der Waals surface area contributed by atoms with Gasteiger partial charge in [-0.3, -0.25) is 14.4 Å². The number of benzene rings is 1. The molecule has 0 spiro atoms. The summed E-state index contributed by atoms with van der Waals surface area (Å²) in [6.45, 7) is 2.33. The maximum absolute atomic E-state index is 12.8. The molecule has 0 aliphatic carbocycles. The highest BCUT2D eigenvalue weighted by molar-refractivity contribution is 7.89. The van der Waals surface area contributed by atoms with Crippen LogP contribution >= 0.6 is 0 Å². The summed E-state index contributed by atoms with van der Waals surface area (Å²) >= 11 is 0. The van der Waals surface area contributed by atoms with Crippen LogP contribution in [-0.2, 0) is 19.7 Å². The van der Waals surface area contributed by atoms with Crippen LogP contribution in [0.4, 0.5) is 0 Å². The fourth-order valence-corrected chi connectivity index (χ4v) is 4.35. The molecule has 1 heterocycles. The Kier molecular flexibility index (Phi) is 5.58. The maximum Gasteiger partial charge on any atom is 0.265 e. The number of primary amides is 1. The quantitative estimate of drug-likeness (QED) is 0.710. The molecule has 1 aliphatic rings. The van der Waals surface area contributed by atoms with Crippen molar-refractivity contribution in [3.05, 3.63) is 29.8 Å². The topological polar surface area (TPSA) is 110 Å². The molecule has 1 atom stereocenters. The van der Waals surface area contributed by atoms with Gasteiger partial charge in [0.15, 0.2) is 0 Å². The molecule has 0 bridgehead atoms. The molecule has 1 aliphatic heterocycles. The minimum Gasteiger partial charge on any atom is -0.366 e. The van der Waals surface area contributed by atoms with Crippen molar-refractivity contribution in [1.82, 2.24) is 9.37 Å². The molecule has 1 fully saturated rings. The lowest BCUT2D eigenvalue weighted by Crippen LogP contribution is -2.44. The number of hydrogen-bond donors (Lipinski definition) is 1. The molecule has 2 N–H and O–H groups in total. The molecule has 9 heteroatoms. The van der Waals surface area contributed by atoms with Crippen molar-refractivity contribution in [2.24, 2.45) is 5.73 Å². The van der Waals surface area contributed by atoms with Gasteiger partial charge in [0.1, 0.15) is 0 Å². The Balaban J connectivity index is 2.33. The normalized spacial score (nSPS) is 18.4. The highest BCUT2D eigenvalue weighted by Gasteiger charge is 2.36. The van der Waals surface area contributed by atoms with Crippen LogP contribution in [0.5, 0.6) is 0 Å². The fourth-order valence-electron chi connectivity index (χ4n) is 2.87. The lowest BCUT2D eigenvalue weighted by molar-refractivity contribution is -0.130. The number of carbonyl (C=O) groups excluding carboxylic acids is 2. The van der Waals surface area contributed by atoms with Gasteiger partial charge in [-0.1, -0.05) is 16.6 Å². The second-order valence-corrected chi connectivity index (χ2v) is 7.20. The van der Waals surface area contributed by atoms with E-state index in [1.807, 2.05) is 6.92 Å². The molecule has 1 aromatic carbocycles. The van der Waals surface area contributed by atoms with Gasteiger partial charge in [0, 0.05) is 19.0 Å². The third-order valence-electron chi connectivity index (χ3n) is 4.06. The van der Waals surface area contributed by atoms with Crippen LogP contribution in [0.15, 0.2) is 29.2 Å². The first kappa shape index (κ1) is 18.4.